The van der Waals surface area contributed by atoms with Crippen LogP contribution in [0.4, 0.5) is 0 Å². The summed E-state index contributed by atoms with van der Waals surface area (Å²) >= 11 is 0. The minimum Gasteiger partial charge on any atom is -0.465 e. The van der Waals surface area contributed by atoms with Gasteiger partial charge in [0.25, 0.3) is 0 Å². The fourth-order valence-electron chi connectivity index (χ4n) is 2.11. The summed E-state index contributed by atoms with van der Waals surface area (Å²) in [7, 11) is 0. The Balaban J connectivity index is 1.97. The predicted octanol–water partition coefficient (Wildman–Crippen LogP) is 0.906. The highest BCUT2D eigenvalue weighted by molar-refractivity contribution is 5.76. The van der Waals surface area contributed by atoms with E-state index in [9.17, 15) is 4.79 Å². The van der Waals surface area contributed by atoms with Crippen LogP contribution < -0.4 is 0 Å². The van der Waals surface area contributed by atoms with Crippen LogP contribution in [0.2, 0.25) is 0 Å². The van der Waals surface area contributed by atoms with Gasteiger partial charge in [-0.15, -0.1) is 0 Å². The molecule has 1 unspecified atom stereocenters. The summed E-state index contributed by atoms with van der Waals surface area (Å²) in [5, 5.41) is 3.84. The topological polar surface area (TPSA) is 68.5 Å². The molecule has 6 heteroatoms. The molecule has 1 atom stereocenters. The smallest absolute Gasteiger partial charge is 0.323 e. The molecule has 1 aliphatic heterocycles. The maximum Gasteiger partial charge on any atom is 0.323 e. The summed E-state index contributed by atoms with van der Waals surface area (Å²) in [6, 6.07) is -0.159. The number of carbonyl (C=O) groups excluding carboxylic acids is 1. The van der Waals surface area contributed by atoms with E-state index in [4.69, 9.17) is 9.26 Å². The van der Waals surface area contributed by atoms with Gasteiger partial charge in [0.05, 0.1) is 13.2 Å². The number of hydrogen-bond donors (Lipinski definition) is 0. The van der Waals surface area contributed by atoms with Gasteiger partial charge in [0, 0.05) is 6.92 Å². The van der Waals surface area contributed by atoms with Crippen molar-refractivity contribution in [3.8, 4) is 0 Å². The predicted molar refractivity (Wildman–Crippen MR) is 59.1 cm³/mol. The molecule has 0 amide bonds. The van der Waals surface area contributed by atoms with E-state index in [1.165, 1.54) is 0 Å². The Morgan fingerprint density at radius 2 is 2.47 bits per heavy atom. The Morgan fingerprint density at radius 1 is 1.65 bits per heavy atom. The zero-order chi connectivity index (χ0) is 12.3. The van der Waals surface area contributed by atoms with Gasteiger partial charge in [-0.05, 0) is 26.3 Å². The monoisotopic (exact) mass is 239 g/mol. The van der Waals surface area contributed by atoms with Crippen molar-refractivity contribution in [2.24, 2.45) is 0 Å². The van der Waals surface area contributed by atoms with E-state index in [0.29, 0.717) is 24.9 Å². The molecule has 0 aromatic carbocycles. The molecular weight excluding hydrogens is 222 g/mol. The zero-order valence-electron chi connectivity index (χ0n) is 10.2. The average molecular weight is 239 g/mol. The third-order valence-corrected chi connectivity index (χ3v) is 2.84. The van der Waals surface area contributed by atoms with Crippen LogP contribution in [-0.2, 0) is 16.1 Å². The second-order valence-electron chi connectivity index (χ2n) is 4.11. The second-order valence-corrected chi connectivity index (χ2v) is 4.11. The Kier molecular flexibility index (Phi) is 3.73. The van der Waals surface area contributed by atoms with Crippen molar-refractivity contribution < 1.29 is 14.1 Å². The van der Waals surface area contributed by atoms with Crippen LogP contribution in [0.3, 0.4) is 0 Å². The maximum atomic E-state index is 11.7. The molecule has 2 rings (SSSR count). The molecule has 0 spiro atoms. The molecule has 0 aliphatic carbocycles. The van der Waals surface area contributed by atoms with Crippen molar-refractivity contribution in [1.82, 2.24) is 15.0 Å². The fraction of sp³-hybridized carbons (Fsp3) is 0.727. The lowest BCUT2D eigenvalue weighted by molar-refractivity contribution is -0.148. The number of nitrogens with zero attached hydrogens (tertiary/aromatic N) is 3. The standard InChI is InChI=1S/C11H17N3O3/c1-3-16-11(15)9-5-4-6-14(9)7-10-12-8(2)17-13-10/h9H,3-7H2,1-2H3. The van der Waals surface area contributed by atoms with Crippen molar-refractivity contribution >= 4 is 5.97 Å². The van der Waals surface area contributed by atoms with Gasteiger partial charge >= 0.3 is 5.97 Å². The molecule has 1 saturated heterocycles. The quantitative estimate of drug-likeness (QED) is 0.727. The van der Waals surface area contributed by atoms with Crippen LogP contribution in [0.5, 0.6) is 0 Å². The summed E-state index contributed by atoms with van der Waals surface area (Å²) in [5.41, 5.74) is 0. The number of aryl methyl sites for hydroxylation is 1. The molecule has 2 heterocycles. The van der Waals surface area contributed by atoms with Crippen LogP contribution in [0.25, 0.3) is 0 Å². The molecule has 0 saturated carbocycles. The van der Waals surface area contributed by atoms with Gasteiger partial charge in [-0.3, -0.25) is 9.69 Å². The molecule has 0 N–H and O–H groups in total. The average Bonchev–Trinajstić information content (AvgIpc) is 2.89. The van der Waals surface area contributed by atoms with Crippen LogP contribution in [0.1, 0.15) is 31.5 Å². The molecule has 1 aromatic rings. The maximum absolute atomic E-state index is 11.7. The van der Waals surface area contributed by atoms with E-state index < -0.39 is 0 Å². The highest BCUT2D eigenvalue weighted by Crippen LogP contribution is 2.20. The van der Waals surface area contributed by atoms with Crippen LogP contribution in [0, 0.1) is 6.92 Å². The van der Waals surface area contributed by atoms with Gasteiger partial charge in [-0.1, -0.05) is 5.16 Å². The van der Waals surface area contributed by atoms with Gasteiger partial charge in [0.15, 0.2) is 5.82 Å². The molecule has 94 valence electrons. The van der Waals surface area contributed by atoms with E-state index in [-0.39, 0.29) is 12.0 Å². The summed E-state index contributed by atoms with van der Waals surface area (Å²) in [6.07, 6.45) is 1.84. The summed E-state index contributed by atoms with van der Waals surface area (Å²) < 4.78 is 9.97. The molecule has 0 radical (unpaired) electrons. The zero-order valence-corrected chi connectivity index (χ0v) is 10.2. The highest BCUT2D eigenvalue weighted by atomic mass is 16.5. The van der Waals surface area contributed by atoms with Crippen molar-refractivity contribution in [3.63, 3.8) is 0 Å². The summed E-state index contributed by atoms with van der Waals surface area (Å²) in [4.78, 5) is 17.9. The molecule has 17 heavy (non-hydrogen) atoms. The first-order chi connectivity index (χ1) is 8.20. The Hall–Kier alpha value is -1.43. The molecule has 6 nitrogen and oxygen atoms in total. The number of rotatable bonds is 4. The van der Waals surface area contributed by atoms with E-state index in [2.05, 4.69) is 10.1 Å². The Morgan fingerprint density at radius 3 is 3.12 bits per heavy atom. The van der Waals surface area contributed by atoms with Gasteiger partial charge in [0.2, 0.25) is 5.89 Å². The molecular formula is C11H17N3O3. The number of hydrogen-bond acceptors (Lipinski definition) is 6. The minimum absolute atomic E-state index is 0.148. The lowest BCUT2D eigenvalue weighted by atomic mass is 10.2. The highest BCUT2D eigenvalue weighted by Gasteiger charge is 2.32. The summed E-state index contributed by atoms with van der Waals surface area (Å²) in [6.45, 7) is 5.41. The van der Waals surface area contributed by atoms with Crippen LogP contribution in [0.15, 0.2) is 4.52 Å². The number of esters is 1. The number of ether oxygens (including phenoxy) is 1. The van der Waals surface area contributed by atoms with Crippen LogP contribution >= 0.6 is 0 Å². The van der Waals surface area contributed by atoms with Crippen molar-refractivity contribution in [3.05, 3.63) is 11.7 Å². The van der Waals surface area contributed by atoms with Crippen LogP contribution in [-0.4, -0.2) is 40.2 Å². The fourth-order valence-corrected chi connectivity index (χ4v) is 2.11. The number of carbonyl (C=O) groups is 1. The van der Waals surface area contributed by atoms with Gasteiger partial charge in [0.1, 0.15) is 6.04 Å². The normalized spacial score (nSPS) is 20.7. The lowest BCUT2D eigenvalue weighted by Gasteiger charge is -2.20. The van der Waals surface area contributed by atoms with E-state index in [0.717, 1.165) is 19.4 Å². The first-order valence-corrected chi connectivity index (χ1v) is 5.90. The third kappa shape index (κ3) is 2.82. The van der Waals surface area contributed by atoms with Gasteiger partial charge in [-0.25, -0.2) is 0 Å². The second kappa shape index (κ2) is 5.27. The minimum atomic E-state index is -0.159. The van der Waals surface area contributed by atoms with Gasteiger partial charge in [-0.2, -0.15) is 4.98 Å². The first-order valence-electron chi connectivity index (χ1n) is 5.90. The molecule has 1 aromatic heterocycles. The molecule has 0 bridgehead atoms. The van der Waals surface area contributed by atoms with Crippen molar-refractivity contribution in [2.75, 3.05) is 13.2 Å². The third-order valence-electron chi connectivity index (χ3n) is 2.84. The molecule has 1 aliphatic rings. The van der Waals surface area contributed by atoms with Crippen molar-refractivity contribution in [2.45, 2.75) is 39.3 Å². The van der Waals surface area contributed by atoms with Gasteiger partial charge < -0.3 is 9.26 Å². The number of aromatic nitrogens is 2. The van der Waals surface area contributed by atoms with E-state index in [1.54, 1.807) is 6.92 Å². The number of likely N-dealkylation sites (tertiary alicyclic amines) is 1. The largest absolute Gasteiger partial charge is 0.465 e. The Labute approximate surface area is 99.9 Å². The SMILES string of the molecule is CCOC(=O)C1CCCN1Cc1noc(C)n1. The van der Waals surface area contributed by atoms with E-state index >= 15 is 0 Å². The van der Waals surface area contributed by atoms with E-state index in [1.807, 2.05) is 11.8 Å². The Bertz CT molecular complexity index is 391. The van der Waals surface area contributed by atoms with Crippen molar-refractivity contribution in [1.29, 1.82) is 0 Å². The first kappa shape index (κ1) is 12.0. The summed E-state index contributed by atoms with van der Waals surface area (Å²) in [5.74, 6) is 1.02. The molecule has 1 fully saturated rings. The lowest BCUT2D eigenvalue weighted by Crippen LogP contribution is -2.37.